The summed E-state index contributed by atoms with van der Waals surface area (Å²) < 4.78 is 1.98. The van der Waals surface area contributed by atoms with Crippen LogP contribution in [0.5, 0.6) is 5.75 Å². The predicted octanol–water partition coefficient (Wildman–Crippen LogP) is 3.24. The molecule has 88 valence electrons. The molecule has 2 aromatic heterocycles. The van der Waals surface area contributed by atoms with E-state index < -0.39 is 0 Å². The first-order chi connectivity index (χ1) is 8.83. The van der Waals surface area contributed by atoms with Crippen molar-refractivity contribution in [3.8, 4) is 22.6 Å². The number of rotatable bonds is 2. The van der Waals surface area contributed by atoms with Crippen LogP contribution in [0.15, 0.2) is 67.3 Å². The third kappa shape index (κ3) is 1.98. The van der Waals surface area contributed by atoms with Gasteiger partial charge in [0, 0.05) is 36.5 Å². The van der Waals surface area contributed by atoms with E-state index in [0.29, 0.717) is 0 Å². The van der Waals surface area contributed by atoms with Crippen molar-refractivity contribution in [1.29, 1.82) is 0 Å². The number of phenols is 1. The van der Waals surface area contributed by atoms with Gasteiger partial charge in [-0.15, -0.1) is 0 Å². The number of aromatic nitrogens is 2. The Morgan fingerprint density at radius 3 is 2.56 bits per heavy atom. The predicted molar refractivity (Wildman–Crippen MR) is 70.7 cm³/mol. The van der Waals surface area contributed by atoms with Crippen molar-refractivity contribution in [2.24, 2.45) is 0 Å². The number of benzene rings is 1. The largest absolute Gasteiger partial charge is 0.508 e. The van der Waals surface area contributed by atoms with Crippen molar-refractivity contribution in [3.63, 3.8) is 0 Å². The van der Waals surface area contributed by atoms with Crippen molar-refractivity contribution < 1.29 is 5.11 Å². The molecule has 3 aromatic rings. The van der Waals surface area contributed by atoms with E-state index in [1.165, 1.54) is 0 Å². The minimum Gasteiger partial charge on any atom is -0.508 e. The lowest BCUT2D eigenvalue weighted by molar-refractivity contribution is 0.475. The molecule has 18 heavy (non-hydrogen) atoms. The van der Waals surface area contributed by atoms with Crippen LogP contribution in [0.2, 0.25) is 0 Å². The normalized spacial score (nSPS) is 10.4. The Labute approximate surface area is 105 Å². The molecule has 3 rings (SSSR count). The molecular weight excluding hydrogens is 224 g/mol. The topological polar surface area (TPSA) is 38.0 Å². The lowest BCUT2D eigenvalue weighted by atomic mass is 10.1. The maximum atomic E-state index is 9.48. The molecule has 1 aromatic carbocycles. The van der Waals surface area contributed by atoms with Crippen LogP contribution >= 0.6 is 0 Å². The molecule has 0 aliphatic rings. The average molecular weight is 236 g/mol. The molecule has 0 spiro atoms. The third-order valence-electron chi connectivity index (χ3n) is 2.83. The second-order valence-electron chi connectivity index (χ2n) is 4.06. The van der Waals surface area contributed by atoms with E-state index in [1.54, 1.807) is 24.5 Å². The Balaban J connectivity index is 2.00. The zero-order valence-corrected chi connectivity index (χ0v) is 9.69. The van der Waals surface area contributed by atoms with Crippen LogP contribution in [-0.2, 0) is 0 Å². The number of aromatic hydroxyl groups is 1. The molecule has 0 bridgehead atoms. The zero-order chi connectivity index (χ0) is 12.4. The van der Waals surface area contributed by atoms with Crippen LogP contribution in [0, 0.1) is 0 Å². The van der Waals surface area contributed by atoms with E-state index in [2.05, 4.69) is 4.98 Å². The fourth-order valence-electron chi connectivity index (χ4n) is 1.93. The number of hydrogen-bond donors (Lipinski definition) is 1. The Morgan fingerprint density at radius 2 is 1.78 bits per heavy atom. The molecule has 0 fully saturated rings. The summed E-state index contributed by atoms with van der Waals surface area (Å²) in [5.74, 6) is 0.270. The Morgan fingerprint density at radius 1 is 0.944 bits per heavy atom. The van der Waals surface area contributed by atoms with E-state index in [4.69, 9.17) is 0 Å². The second-order valence-corrected chi connectivity index (χ2v) is 4.06. The Kier molecular flexibility index (Phi) is 2.57. The summed E-state index contributed by atoms with van der Waals surface area (Å²) in [7, 11) is 0. The maximum Gasteiger partial charge on any atom is 0.117 e. The van der Waals surface area contributed by atoms with Gasteiger partial charge in [-0.2, -0.15) is 0 Å². The quantitative estimate of drug-likeness (QED) is 0.741. The average Bonchev–Trinajstić information content (AvgIpc) is 2.89. The summed E-state index contributed by atoms with van der Waals surface area (Å²) >= 11 is 0. The van der Waals surface area contributed by atoms with Gasteiger partial charge in [0.2, 0.25) is 0 Å². The highest BCUT2D eigenvalue weighted by molar-refractivity contribution is 5.62. The molecule has 0 saturated heterocycles. The minimum absolute atomic E-state index is 0.270. The second kappa shape index (κ2) is 4.37. The first-order valence-corrected chi connectivity index (χ1v) is 5.71. The number of nitrogens with zero attached hydrogens (tertiary/aromatic N) is 2. The van der Waals surface area contributed by atoms with Gasteiger partial charge in [-0.25, -0.2) is 0 Å². The molecule has 1 N–H and O–H groups in total. The molecule has 0 radical (unpaired) electrons. The van der Waals surface area contributed by atoms with Gasteiger partial charge in [0.05, 0.1) is 0 Å². The van der Waals surface area contributed by atoms with Crippen LogP contribution in [0.4, 0.5) is 0 Å². The van der Waals surface area contributed by atoms with E-state index in [1.807, 2.05) is 47.3 Å². The fourth-order valence-corrected chi connectivity index (χ4v) is 1.93. The van der Waals surface area contributed by atoms with Gasteiger partial charge in [-0.3, -0.25) is 4.98 Å². The lowest BCUT2D eigenvalue weighted by Gasteiger charge is -2.02. The molecular formula is C15H12N2O. The van der Waals surface area contributed by atoms with Crippen molar-refractivity contribution in [3.05, 3.63) is 67.3 Å². The molecule has 0 aliphatic heterocycles. The van der Waals surface area contributed by atoms with Gasteiger partial charge in [0.25, 0.3) is 0 Å². The smallest absolute Gasteiger partial charge is 0.117 e. The summed E-state index contributed by atoms with van der Waals surface area (Å²) in [5, 5.41) is 9.48. The third-order valence-corrected chi connectivity index (χ3v) is 2.83. The number of pyridine rings is 1. The van der Waals surface area contributed by atoms with E-state index in [0.717, 1.165) is 16.8 Å². The van der Waals surface area contributed by atoms with Crippen molar-refractivity contribution in [2.75, 3.05) is 0 Å². The zero-order valence-electron chi connectivity index (χ0n) is 9.69. The molecule has 2 heterocycles. The first kappa shape index (κ1) is 10.6. The fraction of sp³-hybridized carbons (Fsp3) is 0. The van der Waals surface area contributed by atoms with Crippen LogP contribution in [-0.4, -0.2) is 14.7 Å². The number of phenolic OH excluding ortho intramolecular Hbond substituents is 1. The van der Waals surface area contributed by atoms with E-state index in [9.17, 15) is 5.11 Å². The first-order valence-electron chi connectivity index (χ1n) is 5.71. The maximum absolute atomic E-state index is 9.48. The van der Waals surface area contributed by atoms with Crippen LogP contribution in [0.25, 0.3) is 16.8 Å². The highest BCUT2D eigenvalue weighted by Gasteiger charge is 2.02. The van der Waals surface area contributed by atoms with Gasteiger partial charge >= 0.3 is 0 Å². The van der Waals surface area contributed by atoms with Gasteiger partial charge in [0.1, 0.15) is 5.75 Å². The van der Waals surface area contributed by atoms with Crippen molar-refractivity contribution in [2.45, 2.75) is 0 Å². The number of hydrogen-bond acceptors (Lipinski definition) is 2. The van der Waals surface area contributed by atoms with Crippen LogP contribution in [0.1, 0.15) is 0 Å². The summed E-state index contributed by atoms with van der Waals surface area (Å²) in [4.78, 5) is 4.01. The highest BCUT2D eigenvalue weighted by Crippen LogP contribution is 2.22. The molecule has 0 atom stereocenters. The van der Waals surface area contributed by atoms with E-state index >= 15 is 0 Å². The van der Waals surface area contributed by atoms with Gasteiger partial charge in [0.15, 0.2) is 0 Å². The SMILES string of the molecule is Oc1cccc(-n2ccc(-c3ccncc3)c2)c1. The van der Waals surface area contributed by atoms with Crippen LogP contribution in [0.3, 0.4) is 0 Å². The van der Waals surface area contributed by atoms with Gasteiger partial charge < -0.3 is 9.67 Å². The van der Waals surface area contributed by atoms with Crippen LogP contribution < -0.4 is 0 Å². The summed E-state index contributed by atoms with van der Waals surface area (Å²) in [6.07, 6.45) is 7.57. The minimum atomic E-state index is 0.270. The molecule has 0 aliphatic carbocycles. The summed E-state index contributed by atoms with van der Waals surface area (Å²) in [6.45, 7) is 0. The molecule has 0 unspecified atom stereocenters. The monoisotopic (exact) mass is 236 g/mol. The molecule has 3 heteroatoms. The van der Waals surface area contributed by atoms with Crippen molar-refractivity contribution in [1.82, 2.24) is 9.55 Å². The van der Waals surface area contributed by atoms with Gasteiger partial charge in [-0.1, -0.05) is 6.07 Å². The van der Waals surface area contributed by atoms with Gasteiger partial charge in [-0.05, 0) is 41.5 Å². The summed E-state index contributed by atoms with van der Waals surface area (Å²) in [5.41, 5.74) is 3.19. The Hall–Kier alpha value is -2.55. The standard InChI is InChI=1S/C15H12N2O/c18-15-3-1-2-14(10-15)17-9-6-13(11-17)12-4-7-16-8-5-12/h1-11,18H. The Bertz CT molecular complexity index is 659. The lowest BCUT2D eigenvalue weighted by Crippen LogP contribution is -1.88. The van der Waals surface area contributed by atoms with E-state index in [-0.39, 0.29) is 5.75 Å². The molecule has 0 saturated carbocycles. The van der Waals surface area contributed by atoms with Crippen molar-refractivity contribution >= 4 is 0 Å². The summed E-state index contributed by atoms with van der Waals surface area (Å²) in [6, 6.07) is 13.2. The molecule has 0 amide bonds. The highest BCUT2D eigenvalue weighted by atomic mass is 16.3. The molecule has 3 nitrogen and oxygen atoms in total.